The van der Waals surface area contributed by atoms with E-state index >= 15 is 0 Å². The maximum atomic E-state index is 13.6. The van der Waals surface area contributed by atoms with Gasteiger partial charge in [-0.3, -0.25) is 9.69 Å². The van der Waals surface area contributed by atoms with Crippen molar-refractivity contribution < 1.29 is 14.3 Å². The molecule has 176 valence electrons. The molecule has 0 aliphatic carbocycles. The minimum absolute atomic E-state index is 0.0250. The largest absolute Gasteiger partial charge is 0.444 e. The number of pyridine rings is 1. The fourth-order valence-electron chi connectivity index (χ4n) is 5.29. The first-order valence-corrected chi connectivity index (χ1v) is 11.8. The van der Waals surface area contributed by atoms with Gasteiger partial charge in [-0.05, 0) is 59.4 Å². The number of hydrogen-bond acceptors (Lipinski definition) is 5. The topological polar surface area (TPSA) is 96.3 Å². The van der Waals surface area contributed by atoms with Gasteiger partial charge in [0.2, 0.25) is 5.91 Å². The molecule has 0 aromatic carbocycles. The molecule has 0 spiro atoms. The Labute approximate surface area is 193 Å². The lowest BCUT2D eigenvalue weighted by Crippen LogP contribution is -2.58. The Kier molecular flexibility index (Phi) is 5.10. The highest BCUT2D eigenvalue weighted by atomic mass is 16.6. The Morgan fingerprint density at radius 3 is 2.67 bits per heavy atom. The summed E-state index contributed by atoms with van der Waals surface area (Å²) in [6.07, 6.45) is 8.34. The zero-order valence-electron chi connectivity index (χ0n) is 19.8. The number of nitrogens with one attached hydrogen (secondary N) is 1. The zero-order chi connectivity index (χ0) is 23.4. The van der Waals surface area contributed by atoms with E-state index in [1.165, 1.54) is 0 Å². The van der Waals surface area contributed by atoms with Gasteiger partial charge in [-0.1, -0.05) is 0 Å². The molecule has 2 fully saturated rings. The zero-order valence-corrected chi connectivity index (χ0v) is 19.8. The molecule has 0 radical (unpaired) electrons. The molecule has 3 aromatic heterocycles. The molecular weight excluding hydrogens is 420 g/mol. The summed E-state index contributed by atoms with van der Waals surface area (Å²) in [4.78, 5) is 42.1. The van der Waals surface area contributed by atoms with Gasteiger partial charge in [0.05, 0.1) is 18.0 Å². The molecule has 5 rings (SSSR count). The molecular formula is C24H32N6O3. The number of H-pyrrole nitrogens is 1. The fraction of sp³-hybridized carbons (Fsp3) is 0.583. The monoisotopic (exact) mass is 452 g/mol. The van der Waals surface area contributed by atoms with Crippen LogP contribution in [0.4, 0.5) is 4.79 Å². The van der Waals surface area contributed by atoms with Gasteiger partial charge in [-0.2, -0.15) is 0 Å². The van der Waals surface area contributed by atoms with Crippen LogP contribution in [-0.4, -0.2) is 72.1 Å². The number of aromatic nitrogens is 4. The number of amides is 2. The van der Waals surface area contributed by atoms with Crippen molar-refractivity contribution in [3.05, 3.63) is 24.8 Å². The van der Waals surface area contributed by atoms with Crippen molar-refractivity contribution in [1.82, 2.24) is 29.3 Å². The van der Waals surface area contributed by atoms with Crippen molar-refractivity contribution >= 4 is 34.1 Å². The van der Waals surface area contributed by atoms with Crippen LogP contribution in [0.5, 0.6) is 0 Å². The fourth-order valence-corrected chi connectivity index (χ4v) is 5.29. The maximum absolute atomic E-state index is 13.6. The first kappa shape index (κ1) is 21.7. The van der Waals surface area contributed by atoms with Crippen LogP contribution in [0.15, 0.2) is 24.8 Å². The minimum Gasteiger partial charge on any atom is -0.444 e. The van der Waals surface area contributed by atoms with Gasteiger partial charge < -0.3 is 19.2 Å². The van der Waals surface area contributed by atoms with E-state index in [1.54, 1.807) is 11.1 Å². The van der Waals surface area contributed by atoms with E-state index in [0.29, 0.717) is 26.1 Å². The number of carbonyl (C=O) groups excluding carboxylic acids is 2. The molecule has 9 nitrogen and oxygen atoms in total. The number of likely N-dealkylation sites (tertiary alicyclic amines) is 2. The van der Waals surface area contributed by atoms with E-state index in [0.717, 1.165) is 41.3 Å². The second-order valence-electron chi connectivity index (χ2n) is 10.4. The molecule has 9 heteroatoms. The molecule has 1 unspecified atom stereocenters. The van der Waals surface area contributed by atoms with Crippen LogP contribution < -0.4 is 0 Å². The molecule has 2 saturated heterocycles. The van der Waals surface area contributed by atoms with Crippen molar-refractivity contribution in [3.8, 4) is 0 Å². The third-order valence-corrected chi connectivity index (χ3v) is 6.98. The Balaban J connectivity index is 1.31. The van der Waals surface area contributed by atoms with Crippen molar-refractivity contribution in [2.24, 2.45) is 0 Å². The van der Waals surface area contributed by atoms with E-state index < -0.39 is 17.2 Å². The summed E-state index contributed by atoms with van der Waals surface area (Å²) in [5, 5.41) is 1.06. The molecule has 0 bridgehead atoms. The predicted octanol–water partition coefficient (Wildman–Crippen LogP) is 3.87. The first-order chi connectivity index (χ1) is 15.7. The van der Waals surface area contributed by atoms with Crippen molar-refractivity contribution in [1.29, 1.82) is 0 Å². The summed E-state index contributed by atoms with van der Waals surface area (Å²) < 4.78 is 7.82. The minimum atomic E-state index is -0.847. The van der Waals surface area contributed by atoms with Crippen molar-refractivity contribution in [3.63, 3.8) is 0 Å². The first-order valence-electron chi connectivity index (χ1n) is 11.8. The molecule has 2 aliphatic heterocycles. The number of hydrogen-bond donors (Lipinski definition) is 1. The molecule has 5 heterocycles. The standard InChI is InChI=1S/C24H32N6O3/c1-23(2,3)33-22(32)30-11-5-9-24(30,4)21(31)28-12-7-16(8-13-28)29-15-27-18-14-26-20-17(19(18)29)6-10-25-20/h6,10,14-16H,5,7-9,11-13H2,1-4H3,(H,25,26). The SMILES string of the molecule is CC(C)(C)OC(=O)N1CCCC1(C)C(=O)N1CCC(n2cnc3cnc4[nH]ccc4c32)CC1. The average molecular weight is 453 g/mol. The number of ether oxygens (including phenoxy) is 1. The third-order valence-electron chi connectivity index (χ3n) is 6.98. The molecule has 2 amide bonds. The summed E-state index contributed by atoms with van der Waals surface area (Å²) in [6, 6.07) is 2.30. The number of rotatable bonds is 2. The Morgan fingerprint density at radius 2 is 1.94 bits per heavy atom. The predicted molar refractivity (Wildman–Crippen MR) is 125 cm³/mol. The number of imidazole rings is 1. The van der Waals surface area contributed by atoms with Crippen LogP contribution >= 0.6 is 0 Å². The number of aromatic amines is 1. The van der Waals surface area contributed by atoms with E-state index in [4.69, 9.17) is 4.74 Å². The molecule has 33 heavy (non-hydrogen) atoms. The van der Waals surface area contributed by atoms with Gasteiger partial charge in [0, 0.05) is 37.3 Å². The Hall–Kier alpha value is -3.10. The molecule has 1 N–H and O–H groups in total. The van der Waals surface area contributed by atoms with E-state index in [2.05, 4.69) is 19.5 Å². The quantitative estimate of drug-likeness (QED) is 0.637. The maximum Gasteiger partial charge on any atom is 0.411 e. The smallest absolute Gasteiger partial charge is 0.411 e. The molecule has 0 saturated carbocycles. The van der Waals surface area contributed by atoms with E-state index in [-0.39, 0.29) is 11.9 Å². The van der Waals surface area contributed by atoms with Gasteiger partial charge in [0.1, 0.15) is 22.3 Å². The van der Waals surface area contributed by atoms with Gasteiger partial charge in [-0.15, -0.1) is 0 Å². The summed E-state index contributed by atoms with van der Waals surface area (Å²) in [5.74, 6) is 0.0250. The van der Waals surface area contributed by atoms with Crippen LogP contribution in [0, 0.1) is 0 Å². The van der Waals surface area contributed by atoms with Crippen molar-refractivity contribution in [2.75, 3.05) is 19.6 Å². The molecule has 1 atom stereocenters. The second kappa shape index (κ2) is 7.74. The van der Waals surface area contributed by atoms with Gasteiger partial charge in [0.15, 0.2) is 0 Å². The van der Waals surface area contributed by atoms with Crippen LogP contribution in [0.2, 0.25) is 0 Å². The van der Waals surface area contributed by atoms with Gasteiger partial charge >= 0.3 is 6.09 Å². The molecule has 3 aromatic rings. The number of piperidine rings is 1. The van der Waals surface area contributed by atoms with Crippen LogP contribution in [-0.2, 0) is 9.53 Å². The Bertz CT molecular complexity index is 1200. The highest BCUT2D eigenvalue weighted by Crippen LogP contribution is 2.35. The van der Waals surface area contributed by atoms with Gasteiger partial charge in [-0.25, -0.2) is 14.8 Å². The van der Waals surface area contributed by atoms with E-state index in [1.807, 2.05) is 51.2 Å². The lowest BCUT2D eigenvalue weighted by Gasteiger charge is -2.41. The summed E-state index contributed by atoms with van der Waals surface area (Å²) >= 11 is 0. The van der Waals surface area contributed by atoms with Crippen LogP contribution in [0.1, 0.15) is 59.4 Å². The second-order valence-corrected chi connectivity index (χ2v) is 10.4. The summed E-state index contributed by atoms with van der Waals surface area (Å²) in [5.41, 5.74) is 1.39. The third kappa shape index (κ3) is 3.73. The average Bonchev–Trinajstić information content (AvgIpc) is 3.49. The van der Waals surface area contributed by atoms with Crippen molar-refractivity contribution in [2.45, 2.75) is 70.6 Å². The van der Waals surface area contributed by atoms with Crippen LogP contribution in [0.3, 0.4) is 0 Å². The number of carbonyl (C=O) groups is 2. The molecule has 2 aliphatic rings. The number of fused-ring (bicyclic) bond motifs is 3. The lowest BCUT2D eigenvalue weighted by molar-refractivity contribution is -0.143. The highest BCUT2D eigenvalue weighted by Gasteiger charge is 2.49. The van der Waals surface area contributed by atoms with Crippen LogP contribution in [0.25, 0.3) is 22.1 Å². The van der Waals surface area contributed by atoms with Gasteiger partial charge in [0.25, 0.3) is 0 Å². The summed E-state index contributed by atoms with van der Waals surface area (Å²) in [6.45, 7) is 9.29. The Morgan fingerprint density at radius 1 is 1.18 bits per heavy atom. The number of nitrogens with zero attached hydrogens (tertiary/aromatic N) is 5. The van der Waals surface area contributed by atoms with E-state index in [9.17, 15) is 9.59 Å². The normalized spacial score (nSPS) is 22.4. The highest BCUT2D eigenvalue weighted by molar-refractivity contribution is 6.01. The summed E-state index contributed by atoms with van der Waals surface area (Å²) in [7, 11) is 0. The lowest BCUT2D eigenvalue weighted by atomic mass is 9.94.